The number of hydrogen-bond donors (Lipinski definition) is 1. The fourth-order valence-corrected chi connectivity index (χ4v) is 2.90. The van der Waals surface area contributed by atoms with Gasteiger partial charge in [0.1, 0.15) is 5.78 Å². The molecule has 1 saturated carbocycles. The van der Waals surface area contributed by atoms with Crippen LogP contribution in [0.1, 0.15) is 52.4 Å². The Morgan fingerprint density at radius 1 is 1.53 bits per heavy atom. The zero-order valence-electron chi connectivity index (χ0n) is 10.7. The zero-order valence-corrected chi connectivity index (χ0v) is 11.7. The first kappa shape index (κ1) is 14.9. The van der Waals surface area contributed by atoms with Crippen LogP contribution in [-0.2, 0) is 13.9 Å². The van der Waals surface area contributed by atoms with E-state index in [1.807, 2.05) is 0 Å². The Morgan fingerprint density at radius 2 is 2.24 bits per heavy atom. The van der Waals surface area contributed by atoms with Gasteiger partial charge < -0.3 is 9.42 Å². The van der Waals surface area contributed by atoms with Gasteiger partial charge in [-0.15, -0.1) is 0 Å². The third-order valence-corrected chi connectivity index (χ3v) is 4.23. The molecule has 2 atom stereocenters. The third-order valence-electron chi connectivity index (χ3n) is 3.78. The minimum atomic E-state index is -2.79. The van der Waals surface area contributed by atoms with Gasteiger partial charge in [0.2, 0.25) is 0 Å². The van der Waals surface area contributed by atoms with Crippen molar-refractivity contribution in [3.8, 4) is 0 Å². The maximum absolute atomic E-state index is 11.4. The summed E-state index contributed by atoms with van der Waals surface area (Å²) in [6.07, 6.45) is 5.27. The maximum Gasteiger partial charge on any atom is 0.316 e. The van der Waals surface area contributed by atoms with Crippen LogP contribution in [0.5, 0.6) is 0 Å². The molecule has 17 heavy (non-hydrogen) atoms. The average molecular weight is 262 g/mol. The second-order valence-corrected chi connectivity index (χ2v) is 6.36. The van der Waals surface area contributed by atoms with Gasteiger partial charge in [-0.2, -0.15) is 0 Å². The first-order valence-electron chi connectivity index (χ1n) is 6.29. The molecule has 0 bridgehead atoms. The Bertz CT molecular complexity index is 288. The molecule has 0 aromatic heterocycles. The lowest BCUT2D eigenvalue weighted by molar-refractivity contribution is -0.123. The number of carbonyl (C=O) groups is 1. The van der Waals surface area contributed by atoms with Gasteiger partial charge >= 0.3 is 8.25 Å². The second kappa shape index (κ2) is 6.67. The number of hydrogen-bond acceptors (Lipinski definition) is 3. The first-order chi connectivity index (χ1) is 7.92. The lowest BCUT2D eigenvalue weighted by Crippen LogP contribution is -2.29. The van der Waals surface area contributed by atoms with E-state index in [0.717, 1.165) is 32.1 Å². The van der Waals surface area contributed by atoms with Crippen molar-refractivity contribution < 1.29 is 18.8 Å². The van der Waals surface area contributed by atoms with E-state index < -0.39 is 8.25 Å². The summed E-state index contributed by atoms with van der Waals surface area (Å²) in [4.78, 5) is 20.0. The van der Waals surface area contributed by atoms with Crippen molar-refractivity contribution in [2.75, 3.05) is 6.61 Å². The lowest BCUT2D eigenvalue weighted by atomic mass is 9.68. The monoisotopic (exact) mass is 262 g/mol. The summed E-state index contributed by atoms with van der Waals surface area (Å²) in [7, 11) is -2.79. The highest BCUT2D eigenvalue weighted by Crippen LogP contribution is 2.40. The molecular weight excluding hydrogens is 239 g/mol. The van der Waals surface area contributed by atoms with Crippen molar-refractivity contribution in [2.24, 2.45) is 11.3 Å². The number of rotatable bonds is 6. The molecule has 100 valence electrons. The molecule has 0 aromatic rings. The van der Waals surface area contributed by atoms with Crippen LogP contribution in [0.2, 0.25) is 0 Å². The molecular formula is C12H23O4P. The summed E-state index contributed by atoms with van der Waals surface area (Å²) in [5, 5.41) is 0. The molecule has 1 aliphatic carbocycles. The van der Waals surface area contributed by atoms with Crippen molar-refractivity contribution in [2.45, 2.75) is 52.4 Å². The Balaban J connectivity index is 2.33. The maximum atomic E-state index is 11.4. The van der Waals surface area contributed by atoms with E-state index in [-0.39, 0.29) is 5.41 Å². The minimum Gasteiger partial charge on any atom is -0.326 e. The van der Waals surface area contributed by atoms with Crippen LogP contribution in [0.25, 0.3) is 0 Å². The van der Waals surface area contributed by atoms with E-state index in [1.54, 1.807) is 0 Å². The van der Waals surface area contributed by atoms with Gasteiger partial charge in [-0.05, 0) is 37.0 Å². The molecule has 0 amide bonds. The van der Waals surface area contributed by atoms with Gasteiger partial charge in [-0.3, -0.25) is 9.36 Å². The molecule has 0 spiro atoms. The fraction of sp³-hybridized carbons (Fsp3) is 0.917. The Morgan fingerprint density at radius 3 is 2.82 bits per heavy atom. The van der Waals surface area contributed by atoms with Crippen molar-refractivity contribution in [1.82, 2.24) is 0 Å². The number of ketones is 1. The van der Waals surface area contributed by atoms with Crippen LogP contribution in [0.4, 0.5) is 0 Å². The van der Waals surface area contributed by atoms with Crippen LogP contribution in [-0.4, -0.2) is 17.3 Å². The minimum absolute atomic E-state index is 0.116. The third kappa shape index (κ3) is 5.33. The van der Waals surface area contributed by atoms with Gasteiger partial charge in [-0.25, -0.2) is 0 Å². The van der Waals surface area contributed by atoms with E-state index in [1.165, 1.54) is 0 Å². The van der Waals surface area contributed by atoms with Crippen LogP contribution >= 0.6 is 8.25 Å². The van der Waals surface area contributed by atoms with E-state index in [4.69, 9.17) is 4.89 Å². The molecule has 5 heteroatoms. The number of carbonyl (C=O) groups excluding carboxylic acids is 1. The smallest absolute Gasteiger partial charge is 0.316 e. The van der Waals surface area contributed by atoms with E-state index in [9.17, 15) is 9.36 Å². The molecule has 0 radical (unpaired) electrons. The molecule has 1 rings (SSSR count). The molecule has 4 nitrogen and oxygen atoms in total. The van der Waals surface area contributed by atoms with Gasteiger partial charge in [0.05, 0.1) is 6.61 Å². The highest BCUT2D eigenvalue weighted by atomic mass is 31.1. The van der Waals surface area contributed by atoms with Crippen molar-refractivity contribution >= 4 is 14.0 Å². The summed E-state index contributed by atoms with van der Waals surface area (Å²) in [5.74, 6) is 0.834. The molecule has 0 aromatic carbocycles. The molecule has 1 fully saturated rings. The first-order valence-corrected chi connectivity index (χ1v) is 7.55. The summed E-state index contributed by atoms with van der Waals surface area (Å²) < 4.78 is 15.1. The molecule has 0 heterocycles. The van der Waals surface area contributed by atoms with Crippen LogP contribution in [0, 0.1) is 11.3 Å². The molecule has 0 saturated heterocycles. The van der Waals surface area contributed by atoms with Gasteiger partial charge in [0.15, 0.2) is 0 Å². The molecule has 0 aliphatic heterocycles. The zero-order chi connectivity index (χ0) is 12.9. The summed E-state index contributed by atoms with van der Waals surface area (Å²) in [6, 6.07) is 0. The fourth-order valence-electron chi connectivity index (χ4n) is 2.58. The molecule has 1 N–H and O–H groups in total. The largest absolute Gasteiger partial charge is 0.326 e. The van der Waals surface area contributed by atoms with Gasteiger partial charge in [0, 0.05) is 12.8 Å². The predicted octanol–water partition coefficient (Wildman–Crippen LogP) is 2.95. The van der Waals surface area contributed by atoms with Crippen LogP contribution in [0.3, 0.4) is 0 Å². The Kier molecular flexibility index (Phi) is 5.84. The molecule has 2 unspecified atom stereocenters. The number of Topliss-reactive ketones (excluding diaryl/α,β-unsaturated/α-hetero) is 1. The summed E-state index contributed by atoms with van der Waals surface area (Å²) >= 11 is 0. The standard InChI is InChI=1S/C12H23O4P/c1-12(2,7-4-8-16-17(14)15)10-5-3-6-11(13)9-10/h10,17H,3-9H2,1-2H3,(H,14,15). The van der Waals surface area contributed by atoms with Gasteiger partial charge in [0.25, 0.3) is 0 Å². The van der Waals surface area contributed by atoms with Crippen LogP contribution in [0.15, 0.2) is 0 Å². The Labute approximate surface area is 104 Å². The lowest BCUT2D eigenvalue weighted by Gasteiger charge is -2.36. The summed E-state index contributed by atoms with van der Waals surface area (Å²) in [5.41, 5.74) is 0.116. The summed E-state index contributed by atoms with van der Waals surface area (Å²) in [6.45, 7) is 4.69. The van der Waals surface area contributed by atoms with Crippen molar-refractivity contribution in [1.29, 1.82) is 0 Å². The average Bonchev–Trinajstić information content (AvgIpc) is 2.24. The van der Waals surface area contributed by atoms with Crippen LogP contribution < -0.4 is 0 Å². The van der Waals surface area contributed by atoms with E-state index >= 15 is 0 Å². The highest BCUT2D eigenvalue weighted by molar-refractivity contribution is 7.32. The highest BCUT2D eigenvalue weighted by Gasteiger charge is 2.32. The SMILES string of the molecule is CC(C)(CCCO[PH](=O)O)C1CCCC(=O)C1. The second-order valence-electron chi connectivity index (χ2n) is 5.54. The topological polar surface area (TPSA) is 63.6 Å². The Hall–Kier alpha value is -0.180. The predicted molar refractivity (Wildman–Crippen MR) is 67.2 cm³/mol. The van der Waals surface area contributed by atoms with E-state index in [0.29, 0.717) is 24.7 Å². The van der Waals surface area contributed by atoms with Crippen molar-refractivity contribution in [3.05, 3.63) is 0 Å². The van der Waals surface area contributed by atoms with Crippen molar-refractivity contribution in [3.63, 3.8) is 0 Å². The molecule has 1 aliphatic rings. The quantitative estimate of drug-likeness (QED) is 0.590. The van der Waals surface area contributed by atoms with Gasteiger partial charge in [-0.1, -0.05) is 13.8 Å². The normalized spacial score (nSPS) is 23.7. The van der Waals surface area contributed by atoms with E-state index in [2.05, 4.69) is 18.4 Å².